The Balaban J connectivity index is 1.89. The molecule has 6 atom stereocenters. The molecule has 0 amide bonds. The van der Waals surface area contributed by atoms with Crippen molar-refractivity contribution in [2.24, 2.45) is 11.3 Å². The molecule has 0 aromatic carbocycles. The van der Waals surface area contributed by atoms with Crippen LogP contribution < -0.4 is 0 Å². The minimum Gasteiger partial charge on any atom is -0.457 e. The van der Waals surface area contributed by atoms with Crippen molar-refractivity contribution >= 4 is 17.8 Å². The van der Waals surface area contributed by atoms with Crippen molar-refractivity contribution in [3.63, 3.8) is 0 Å². The van der Waals surface area contributed by atoms with Gasteiger partial charge in [-0.3, -0.25) is 14.6 Å². The van der Waals surface area contributed by atoms with Crippen LogP contribution >= 0.6 is 0 Å². The summed E-state index contributed by atoms with van der Waals surface area (Å²) in [5.41, 5.74) is 0.681. The zero-order valence-corrected chi connectivity index (χ0v) is 21.7. The molecule has 1 aromatic rings. The summed E-state index contributed by atoms with van der Waals surface area (Å²) in [4.78, 5) is 30.4. The number of carbonyl (C=O) groups is 2. The molecule has 0 saturated carbocycles. The summed E-state index contributed by atoms with van der Waals surface area (Å²) < 4.78 is 11.7. The van der Waals surface area contributed by atoms with Crippen LogP contribution in [0.5, 0.6) is 0 Å². The summed E-state index contributed by atoms with van der Waals surface area (Å²) >= 11 is 0. The number of pyridine rings is 1. The number of hydrogen-bond acceptors (Lipinski definition) is 7. The number of rotatable bonds is 2. The zero-order chi connectivity index (χ0) is 26.0. The standard InChI is InChI=1S/C28H39NO6/c1-17-10-12-21(18(2)15-20-9-7-8-14-29-20)34-24(31)16-22(30)27(4,5)25(32)19(3)26(33)28(6)23(35-28)13-11-17/h7-10,14-15,19,21-23,26,30,33H,11-13,16H2,1-6H3/b17-10-,18-15?/t19-,21-,22-,23?,26+,28?/m0/s1. The van der Waals surface area contributed by atoms with Crippen molar-refractivity contribution in [3.8, 4) is 0 Å². The molecule has 3 heterocycles. The second kappa shape index (κ2) is 10.7. The fraction of sp³-hybridized carbons (Fsp3) is 0.607. The van der Waals surface area contributed by atoms with Crippen molar-refractivity contribution in [3.05, 3.63) is 47.3 Å². The van der Waals surface area contributed by atoms with Gasteiger partial charge in [-0.1, -0.05) is 38.5 Å². The number of aliphatic hydroxyl groups excluding tert-OH is 2. The van der Waals surface area contributed by atoms with Gasteiger partial charge in [-0.25, -0.2) is 0 Å². The number of hydrogen-bond donors (Lipinski definition) is 2. The van der Waals surface area contributed by atoms with Crippen LogP contribution in [0.3, 0.4) is 0 Å². The van der Waals surface area contributed by atoms with Gasteiger partial charge in [0.25, 0.3) is 0 Å². The van der Waals surface area contributed by atoms with E-state index in [2.05, 4.69) is 11.1 Å². The highest BCUT2D eigenvalue weighted by molar-refractivity contribution is 5.88. The zero-order valence-electron chi connectivity index (χ0n) is 21.7. The summed E-state index contributed by atoms with van der Waals surface area (Å²) in [6, 6.07) is 5.61. The van der Waals surface area contributed by atoms with Crippen LogP contribution in [0, 0.1) is 11.3 Å². The Hall–Kier alpha value is -2.35. The average molecular weight is 486 g/mol. The van der Waals surface area contributed by atoms with Crippen molar-refractivity contribution in [1.82, 2.24) is 4.98 Å². The minimum absolute atomic E-state index is 0.142. The van der Waals surface area contributed by atoms with Crippen LogP contribution in [-0.4, -0.2) is 57.0 Å². The monoisotopic (exact) mass is 485 g/mol. The summed E-state index contributed by atoms with van der Waals surface area (Å²) in [6.07, 6.45) is 4.36. The smallest absolute Gasteiger partial charge is 0.309 e. The first-order valence-electron chi connectivity index (χ1n) is 12.4. The van der Waals surface area contributed by atoms with E-state index in [9.17, 15) is 19.8 Å². The van der Waals surface area contributed by atoms with Gasteiger partial charge in [0.2, 0.25) is 0 Å². The normalized spacial score (nSPS) is 36.5. The number of fused-ring (bicyclic) bond motifs is 1. The molecule has 192 valence electrons. The number of aromatic nitrogens is 1. The first kappa shape index (κ1) is 27.2. The first-order chi connectivity index (χ1) is 16.4. The largest absolute Gasteiger partial charge is 0.457 e. The molecule has 0 bridgehead atoms. The van der Waals surface area contributed by atoms with Crippen LogP contribution in [0.2, 0.25) is 0 Å². The van der Waals surface area contributed by atoms with Crippen molar-refractivity contribution in [2.75, 3.05) is 0 Å². The summed E-state index contributed by atoms with van der Waals surface area (Å²) in [7, 11) is 0. The Kier molecular flexibility index (Phi) is 8.35. The lowest BCUT2D eigenvalue weighted by atomic mass is 9.73. The molecule has 2 unspecified atom stereocenters. The Morgan fingerprint density at radius 2 is 1.91 bits per heavy atom. The van der Waals surface area contributed by atoms with E-state index in [0.29, 0.717) is 6.42 Å². The summed E-state index contributed by atoms with van der Waals surface area (Å²) in [6.45, 7) is 10.6. The fourth-order valence-electron chi connectivity index (χ4n) is 4.77. The lowest BCUT2D eigenvalue weighted by molar-refractivity contribution is -0.154. The number of ketones is 1. The van der Waals surface area contributed by atoms with Crippen LogP contribution in [0.25, 0.3) is 6.08 Å². The molecule has 2 N–H and O–H groups in total. The molecule has 35 heavy (non-hydrogen) atoms. The van der Waals surface area contributed by atoms with Crippen molar-refractivity contribution in [2.45, 2.75) is 97.2 Å². The van der Waals surface area contributed by atoms with Crippen LogP contribution in [0.15, 0.2) is 41.6 Å². The van der Waals surface area contributed by atoms with Crippen molar-refractivity contribution < 1.29 is 29.3 Å². The van der Waals surface area contributed by atoms with Gasteiger partial charge in [0.1, 0.15) is 17.5 Å². The quantitative estimate of drug-likeness (QED) is 0.370. The molecule has 1 saturated heterocycles. The van der Waals surface area contributed by atoms with Crippen LogP contribution in [0.1, 0.15) is 72.9 Å². The van der Waals surface area contributed by atoms with Gasteiger partial charge in [-0.2, -0.15) is 0 Å². The Morgan fingerprint density at radius 1 is 1.20 bits per heavy atom. The average Bonchev–Trinajstić information content (AvgIpc) is 3.49. The SMILES string of the molecule is CC(=Cc1ccccn1)[C@@H]1C/C=C(/C)CCC2OC2(C)[C@H](O)[C@@H](C)C(=O)C(C)(C)[C@@H](O)CC(=O)O1. The van der Waals surface area contributed by atoms with E-state index in [4.69, 9.17) is 9.47 Å². The first-order valence-corrected chi connectivity index (χ1v) is 12.4. The number of nitrogens with zero attached hydrogens (tertiary/aromatic N) is 1. The van der Waals surface area contributed by atoms with E-state index in [1.54, 1.807) is 27.0 Å². The molecule has 2 aliphatic heterocycles. The highest BCUT2D eigenvalue weighted by Gasteiger charge is 2.59. The van der Waals surface area contributed by atoms with Gasteiger partial charge in [0.05, 0.1) is 35.8 Å². The van der Waals surface area contributed by atoms with Gasteiger partial charge in [-0.15, -0.1) is 0 Å². The van der Waals surface area contributed by atoms with E-state index < -0.39 is 41.2 Å². The molecule has 0 spiro atoms. The Bertz CT molecular complexity index is 984. The molecule has 7 nitrogen and oxygen atoms in total. The van der Waals surface area contributed by atoms with E-state index in [1.165, 1.54) is 0 Å². The molecule has 3 rings (SSSR count). The van der Waals surface area contributed by atoms with E-state index in [-0.39, 0.29) is 18.3 Å². The molecule has 7 heteroatoms. The number of esters is 1. The van der Waals surface area contributed by atoms with Gasteiger partial charge in [0, 0.05) is 18.5 Å². The third kappa shape index (κ3) is 6.26. The van der Waals surface area contributed by atoms with Crippen LogP contribution in [-0.2, 0) is 19.1 Å². The number of cyclic esters (lactones) is 1. The number of ether oxygens (including phenoxy) is 2. The van der Waals surface area contributed by atoms with Gasteiger partial charge >= 0.3 is 5.97 Å². The number of carbonyl (C=O) groups excluding carboxylic acids is 2. The van der Waals surface area contributed by atoms with Gasteiger partial charge in [-0.05, 0) is 57.4 Å². The summed E-state index contributed by atoms with van der Waals surface area (Å²) in [5, 5.41) is 21.8. The lowest BCUT2D eigenvalue weighted by Gasteiger charge is -2.34. The Labute approximate surface area is 208 Å². The van der Waals surface area contributed by atoms with E-state index >= 15 is 0 Å². The molecule has 0 radical (unpaired) electrons. The molecular weight excluding hydrogens is 446 g/mol. The van der Waals surface area contributed by atoms with E-state index in [1.807, 2.05) is 45.0 Å². The maximum absolute atomic E-state index is 13.3. The maximum Gasteiger partial charge on any atom is 0.309 e. The van der Waals surface area contributed by atoms with Crippen molar-refractivity contribution in [1.29, 1.82) is 0 Å². The highest BCUT2D eigenvalue weighted by atomic mass is 16.6. The molecule has 1 aromatic heterocycles. The minimum atomic E-state index is -1.26. The predicted molar refractivity (Wildman–Crippen MR) is 133 cm³/mol. The second-order valence-corrected chi connectivity index (χ2v) is 10.8. The molecule has 0 aliphatic carbocycles. The summed E-state index contributed by atoms with van der Waals surface area (Å²) in [5.74, 6) is -1.65. The number of epoxide rings is 1. The molecule has 2 aliphatic rings. The number of Topliss-reactive ketones (excluding diaryl/α,β-unsaturated/α-hetero) is 1. The van der Waals surface area contributed by atoms with Gasteiger partial charge in [0.15, 0.2) is 0 Å². The van der Waals surface area contributed by atoms with E-state index in [0.717, 1.165) is 29.7 Å². The number of aliphatic hydroxyl groups is 2. The topological polar surface area (TPSA) is 109 Å². The Morgan fingerprint density at radius 3 is 2.57 bits per heavy atom. The van der Waals surface area contributed by atoms with Crippen LogP contribution in [0.4, 0.5) is 0 Å². The third-order valence-electron chi connectivity index (χ3n) is 7.61. The van der Waals surface area contributed by atoms with Gasteiger partial charge < -0.3 is 19.7 Å². The molecule has 1 fully saturated rings. The number of allylic oxidation sites excluding steroid dienone is 1. The molecular formula is C28H39NO6. The lowest BCUT2D eigenvalue weighted by Crippen LogP contribution is -2.48. The maximum atomic E-state index is 13.3. The predicted octanol–water partition coefficient (Wildman–Crippen LogP) is 4.03. The highest BCUT2D eigenvalue weighted by Crippen LogP contribution is 2.46. The fourth-order valence-corrected chi connectivity index (χ4v) is 4.77. The second-order valence-electron chi connectivity index (χ2n) is 10.8. The third-order valence-corrected chi connectivity index (χ3v) is 7.61.